The smallest absolute Gasteiger partial charge is 0.423 e. The molecule has 0 aliphatic carbocycles. The minimum Gasteiger partial charge on any atom is -0.467 e. The predicted octanol–water partition coefficient (Wildman–Crippen LogP) is 3.84. The average Bonchev–Trinajstić information content (AvgIpc) is 2.60. The Kier molecular flexibility index (Phi) is 5.63. The Morgan fingerprint density at radius 3 is 2.31 bits per heavy atom. The molecule has 5 nitrogen and oxygen atoms in total. The van der Waals surface area contributed by atoms with E-state index in [4.69, 9.17) is 4.74 Å². The molecular weight excluding hydrogens is 351 g/mol. The summed E-state index contributed by atoms with van der Waals surface area (Å²) in [7, 11) is 0.865. The van der Waals surface area contributed by atoms with Crippen molar-refractivity contribution in [3.63, 3.8) is 0 Å². The molecule has 1 aromatic rings. The predicted molar refractivity (Wildman–Crippen MR) is 87.1 cm³/mol. The molecular formula is C18H20F3NO4. The van der Waals surface area contributed by atoms with E-state index < -0.39 is 30.2 Å². The SMILES string of the molecule is COC(=O)[C@@]1(C(F)(F)F)CC(C)=C(C)CN1C(=O)OCc1ccccc1. The van der Waals surface area contributed by atoms with Gasteiger partial charge in [-0.3, -0.25) is 4.90 Å². The summed E-state index contributed by atoms with van der Waals surface area (Å²) in [6, 6.07) is 8.55. The second-order valence-corrected chi connectivity index (χ2v) is 6.21. The van der Waals surface area contributed by atoms with Crippen molar-refractivity contribution < 1.29 is 32.2 Å². The molecule has 0 N–H and O–H groups in total. The highest BCUT2D eigenvalue weighted by molar-refractivity contribution is 5.88. The Bertz CT molecular complexity index is 715. The highest BCUT2D eigenvalue weighted by atomic mass is 19.4. The fourth-order valence-corrected chi connectivity index (χ4v) is 2.87. The third-order valence-corrected chi connectivity index (χ3v) is 4.52. The molecule has 1 amide bonds. The van der Waals surface area contributed by atoms with E-state index in [1.807, 2.05) is 0 Å². The van der Waals surface area contributed by atoms with Crippen molar-refractivity contribution in [2.24, 2.45) is 0 Å². The lowest BCUT2D eigenvalue weighted by Crippen LogP contribution is -2.67. The van der Waals surface area contributed by atoms with Gasteiger partial charge in [-0.25, -0.2) is 9.59 Å². The van der Waals surface area contributed by atoms with E-state index in [1.165, 1.54) is 6.92 Å². The number of amides is 1. The second kappa shape index (κ2) is 7.39. The maximum atomic E-state index is 13.9. The molecule has 1 aliphatic rings. The third-order valence-electron chi connectivity index (χ3n) is 4.52. The van der Waals surface area contributed by atoms with Gasteiger partial charge in [0.25, 0.3) is 0 Å². The number of rotatable bonds is 3. The lowest BCUT2D eigenvalue weighted by Gasteiger charge is -2.45. The van der Waals surface area contributed by atoms with Crippen LogP contribution in [0.1, 0.15) is 25.8 Å². The molecule has 0 spiro atoms. The van der Waals surface area contributed by atoms with Gasteiger partial charge < -0.3 is 9.47 Å². The van der Waals surface area contributed by atoms with Crippen molar-refractivity contribution in [1.29, 1.82) is 0 Å². The molecule has 1 aliphatic heterocycles. The zero-order chi connectivity index (χ0) is 19.5. The highest BCUT2D eigenvalue weighted by Crippen LogP contribution is 2.45. The zero-order valence-corrected chi connectivity index (χ0v) is 14.7. The van der Waals surface area contributed by atoms with Gasteiger partial charge in [0.05, 0.1) is 7.11 Å². The van der Waals surface area contributed by atoms with Crippen molar-refractivity contribution in [3.05, 3.63) is 47.0 Å². The highest BCUT2D eigenvalue weighted by Gasteiger charge is 2.67. The van der Waals surface area contributed by atoms with Gasteiger partial charge in [0, 0.05) is 13.0 Å². The van der Waals surface area contributed by atoms with E-state index in [0.717, 1.165) is 7.11 Å². The molecule has 2 rings (SSSR count). The Labute approximate surface area is 149 Å². The molecule has 0 aromatic heterocycles. The van der Waals surface area contributed by atoms with E-state index in [2.05, 4.69) is 4.74 Å². The largest absolute Gasteiger partial charge is 0.467 e. The second-order valence-electron chi connectivity index (χ2n) is 6.21. The molecule has 26 heavy (non-hydrogen) atoms. The number of carbonyl (C=O) groups is 2. The number of benzene rings is 1. The Hall–Kier alpha value is -2.51. The Morgan fingerprint density at radius 2 is 1.77 bits per heavy atom. The van der Waals surface area contributed by atoms with Gasteiger partial charge in [-0.2, -0.15) is 13.2 Å². The number of carbonyl (C=O) groups excluding carboxylic acids is 2. The van der Waals surface area contributed by atoms with Crippen LogP contribution in [0.25, 0.3) is 0 Å². The number of esters is 1. The van der Waals surface area contributed by atoms with Crippen molar-refractivity contribution in [3.8, 4) is 0 Å². The minimum absolute atomic E-state index is 0.201. The first kappa shape index (κ1) is 19.8. The van der Waals surface area contributed by atoms with Crippen molar-refractivity contribution in [2.75, 3.05) is 13.7 Å². The van der Waals surface area contributed by atoms with Crippen LogP contribution in [0.2, 0.25) is 0 Å². The van der Waals surface area contributed by atoms with Gasteiger partial charge in [0.2, 0.25) is 5.54 Å². The van der Waals surface area contributed by atoms with Crippen LogP contribution in [-0.2, 0) is 20.9 Å². The van der Waals surface area contributed by atoms with Crippen LogP contribution in [0.4, 0.5) is 18.0 Å². The number of halogens is 3. The van der Waals surface area contributed by atoms with Crippen molar-refractivity contribution in [2.45, 2.75) is 38.6 Å². The summed E-state index contributed by atoms with van der Waals surface area (Å²) in [4.78, 5) is 25.1. The summed E-state index contributed by atoms with van der Waals surface area (Å²) in [6.07, 6.45) is -6.92. The molecule has 1 atom stereocenters. The maximum Gasteiger partial charge on any atom is 0.423 e. The molecule has 142 valence electrons. The van der Waals surface area contributed by atoms with E-state index >= 15 is 0 Å². The quantitative estimate of drug-likeness (QED) is 0.598. The summed E-state index contributed by atoms with van der Waals surface area (Å²) in [5.41, 5.74) is -1.51. The molecule has 0 radical (unpaired) electrons. The number of alkyl halides is 3. The molecule has 1 heterocycles. The molecule has 0 unspecified atom stereocenters. The third kappa shape index (κ3) is 3.54. The first-order chi connectivity index (χ1) is 12.1. The first-order valence-corrected chi connectivity index (χ1v) is 7.92. The number of ether oxygens (including phenoxy) is 2. The van der Waals surface area contributed by atoms with Crippen LogP contribution in [0.5, 0.6) is 0 Å². The summed E-state index contributed by atoms with van der Waals surface area (Å²) in [5, 5.41) is 0. The van der Waals surface area contributed by atoms with Crippen molar-refractivity contribution in [1.82, 2.24) is 4.90 Å². The number of nitrogens with zero attached hydrogens (tertiary/aromatic N) is 1. The number of hydrogen-bond acceptors (Lipinski definition) is 4. The van der Waals surface area contributed by atoms with Gasteiger partial charge in [0.15, 0.2) is 0 Å². The minimum atomic E-state index is -5.02. The summed E-state index contributed by atoms with van der Waals surface area (Å²) in [6.45, 7) is 2.55. The van der Waals surface area contributed by atoms with Crippen LogP contribution in [0.3, 0.4) is 0 Å². The Morgan fingerprint density at radius 1 is 1.15 bits per heavy atom. The molecule has 8 heteroatoms. The monoisotopic (exact) mass is 371 g/mol. The molecule has 0 fully saturated rings. The van der Waals surface area contributed by atoms with E-state index in [9.17, 15) is 22.8 Å². The normalized spacial score (nSPS) is 20.8. The lowest BCUT2D eigenvalue weighted by molar-refractivity contribution is -0.235. The standard InChI is InChI=1S/C18H20F3NO4/c1-12-9-17(15(23)25-3,18(19,20)21)22(10-13(12)2)16(24)26-11-14-7-5-4-6-8-14/h4-8H,9-11H2,1-3H3/t17-/m1/s1. The molecule has 0 saturated heterocycles. The zero-order valence-electron chi connectivity index (χ0n) is 14.7. The molecule has 0 bridgehead atoms. The van der Waals surface area contributed by atoms with Crippen LogP contribution in [0.15, 0.2) is 41.5 Å². The van der Waals surface area contributed by atoms with Crippen LogP contribution >= 0.6 is 0 Å². The van der Waals surface area contributed by atoms with Crippen molar-refractivity contribution >= 4 is 12.1 Å². The van der Waals surface area contributed by atoms with Crippen LogP contribution in [-0.4, -0.2) is 42.3 Å². The van der Waals surface area contributed by atoms with E-state index in [-0.39, 0.29) is 13.2 Å². The van der Waals surface area contributed by atoms with Gasteiger partial charge in [-0.05, 0) is 19.4 Å². The van der Waals surface area contributed by atoms with Gasteiger partial charge in [-0.15, -0.1) is 0 Å². The van der Waals surface area contributed by atoms with Crippen LogP contribution < -0.4 is 0 Å². The summed E-state index contributed by atoms with van der Waals surface area (Å²) >= 11 is 0. The Balaban J connectivity index is 2.37. The van der Waals surface area contributed by atoms with Gasteiger partial charge >= 0.3 is 18.2 Å². The fourth-order valence-electron chi connectivity index (χ4n) is 2.87. The van der Waals surface area contributed by atoms with E-state index in [0.29, 0.717) is 21.6 Å². The lowest BCUT2D eigenvalue weighted by atomic mass is 9.83. The topological polar surface area (TPSA) is 55.8 Å². The number of methoxy groups -OCH3 is 1. The average molecular weight is 371 g/mol. The fraction of sp³-hybridized carbons (Fsp3) is 0.444. The van der Waals surface area contributed by atoms with Gasteiger partial charge in [0.1, 0.15) is 6.61 Å². The van der Waals surface area contributed by atoms with E-state index in [1.54, 1.807) is 37.3 Å². The van der Waals surface area contributed by atoms with Crippen LogP contribution in [0, 0.1) is 0 Å². The molecule has 1 aromatic carbocycles. The first-order valence-electron chi connectivity index (χ1n) is 7.92. The van der Waals surface area contributed by atoms with Gasteiger partial charge in [-0.1, -0.05) is 41.5 Å². The summed E-state index contributed by atoms with van der Waals surface area (Å²) < 4.78 is 51.3. The molecule has 0 saturated carbocycles. The maximum absolute atomic E-state index is 13.9. The number of hydrogen-bond donors (Lipinski definition) is 0. The summed E-state index contributed by atoms with van der Waals surface area (Å²) in [5.74, 6) is -1.53.